The topological polar surface area (TPSA) is 71.7 Å². The van der Waals surface area contributed by atoms with E-state index in [9.17, 15) is 9.90 Å². The molecule has 0 fully saturated rings. The Hall–Kier alpha value is -3.05. The van der Waals surface area contributed by atoms with E-state index in [2.05, 4.69) is 4.57 Å². The maximum atomic E-state index is 11.1. The zero-order valence-corrected chi connectivity index (χ0v) is 15.3. The number of phenolic OH excluding ortho intramolecular Hbond substituents is 1. The first-order valence-electron chi connectivity index (χ1n) is 9.00. The molecule has 0 aliphatic rings. The van der Waals surface area contributed by atoms with Gasteiger partial charge in [-0.3, -0.25) is 0 Å². The molecular formula is C22H23NO4. The summed E-state index contributed by atoms with van der Waals surface area (Å²) in [5.74, 6) is -0.698. The zero-order chi connectivity index (χ0) is 19.2. The van der Waals surface area contributed by atoms with Crippen molar-refractivity contribution < 1.29 is 19.7 Å². The quantitative estimate of drug-likeness (QED) is 0.570. The van der Waals surface area contributed by atoms with Crippen molar-refractivity contribution in [1.82, 2.24) is 4.57 Å². The number of benzene rings is 2. The highest BCUT2D eigenvalue weighted by Crippen LogP contribution is 2.30. The molecule has 0 saturated heterocycles. The predicted octanol–water partition coefficient (Wildman–Crippen LogP) is 4.65. The van der Waals surface area contributed by atoms with Gasteiger partial charge in [0.25, 0.3) is 0 Å². The highest BCUT2D eigenvalue weighted by atomic mass is 16.5. The van der Waals surface area contributed by atoms with Gasteiger partial charge in [0.2, 0.25) is 0 Å². The third-order valence-electron chi connectivity index (χ3n) is 4.45. The molecule has 2 N–H and O–H groups in total. The number of carboxylic acids is 1. The number of aromatic hydroxyl groups is 1. The standard InChI is InChI=1S/C22H23NO4/c1-2-27-15-3-14-23-20(16-4-6-18(7-5-16)22(25)26)12-13-21(23)17-8-10-19(24)11-9-17/h4-13,24H,2-3,14-15H2,1H3,(H,25,26). The molecule has 0 aliphatic heterocycles. The Labute approximate surface area is 158 Å². The smallest absolute Gasteiger partial charge is 0.335 e. The molecule has 140 valence electrons. The van der Waals surface area contributed by atoms with Crippen LogP contribution in [0.2, 0.25) is 0 Å². The van der Waals surface area contributed by atoms with Crippen LogP contribution in [-0.2, 0) is 11.3 Å². The maximum absolute atomic E-state index is 11.1. The van der Waals surface area contributed by atoms with Crippen LogP contribution in [0.5, 0.6) is 5.75 Å². The van der Waals surface area contributed by atoms with Crippen LogP contribution in [-0.4, -0.2) is 34.0 Å². The number of phenols is 1. The van der Waals surface area contributed by atoms with Crippen LogP contribution >= 0.6 is 0 Å². The Morgan fingerprint density at radius 1 is 0.926 bits per heavy atom. The number of carbonyl (C=O) groups is 1. The van der Waals surface area contributed by atoms with Gasteiger partial charge in [-0.25, -0.2) is 4.79 Å². The molecule has 1 aromatic heterocycles. The summed E-state index contributed by atoms with van der Waals surface area (Å²) in [7, 11) is 0. The fourth-order valence-corrected chi connectivity index (χ4v) is 3.10. The van der Waals surface area contributed by atoms with Crippen molar-refractivity contribution in [2.75, 3.05) is 13.2 Å². The van der Waals surface area contributed by atoms with Crippen LogP contribution < -0.4 is 0 Å². The van der Waals surface area contributed by atoms with Gasteiger partial charge in [0.15, 0.2) is 0 Å². The molecule has 0 saturated carbocycles. The first-order valence-corrected chi connectivity index (χ1v) is 9.00. The van der Waals surface area contributed by atoms with Crippen molar-refractivity contribution in [3.05, 3.63) is 66.2 Å². The van der Waals surface area contributed by atoms with Crippen molar-refractivity contribution in [2.45, 2.75) is 19.9 Å². The molecule has 2 aromatic carbocycles. The fraction of sp³-hybridized carbons (Fsp3) is 0.227. The molecule has 5 nitrogen and oxygen atoms in total. The first-order chi connectivity index (χ1) is 13.1. The zero-order valence-electron chi connectivity index (χ0n) is 15.3. The molecule has 27 heavy (non-hydrogen) atoms. The van der Waals surface area contributed by atoms with Crippen LogP contribution in [0, 0.1) is 0 Å². The fourth-order valence-electron chi connectivity index (χ4n) is 3.10. The minimum Gasteiger partial charge on any atom is -0.508 e. The van der Waals surface area contributed by atoms with Gasteiger partial charge in [-0.15, -0.1) is 0 Å². The van der Waals surface area contributed by atoms with Crippen LogP contribution in [0.25, 0.3) is 22.5 Å². The highest BCUT2D eigenvalue weighted by molar-refractivity contribution is 5.88. The average molecular weight is 365 g/mol. The molecule has 1 heterocycles. The summed E-state index contributed by atoms with van der Waals surface area (Å²) in [5.41, 5.74) is 4.31. The van der Waals surface area contributed by atoms with Gasteiger partial charge in [0, 0.05) is 31.1 Å². The summed E-state index contributed by atoms with van der Waals surface area (Å²) >= 11 is 0. The number of aromatic nitrogens is 1. The third-order valence-corrected chi connectivity index (χ3v) is 4.45. The van der Waals surface area contributed by atoms with E-state index in [-0.39, 0.29) is 11.3 Å². The number of carboxylic acid groups (broad SMARTS) is 1. The third kappa shape index (κ3) is 4.38. The van der Waals surface area contributed by atoms with Gasteiger partial charge >= 0.3 is 5.97 Å². The van der Waals surface area contributed by atoms with E-state index in [0.717, 1.165) is 35.5 Å². The molecule has 5 heteroatoms. The lowest BCUT2D eigenvalue weighted by atomic mass is 10.1. The van der Waals surface area contributed by atoms with E-state index in [1.165, 1.54) is 0 Å². The molecule has 0 amide bonds. The second-order valence-corrected chi connectivity index (χ2v) is 6.24. The number of rotatable bonds is 8. The van der Waals surface area contributed by atoms with Crippen molar-refractivity contribution >= 4 is 5.97 Å². The average Bonchev–Trinajstić information content (AvgIpc) is 3.09. The molecule has 0 bridgehead atoms. The van der Waals surface area contributed by atoms with Crippen LogP contribution in [0.3, 0.4) is 0 Å². The Kier molecular flexibility index (Phi) is 5.94. The second-order valence-electron chi connectivity index (χ2n) is 6.24. The number of ether oxygens (including phenoxy) is 1. The van der Waals surface area contributed by atoms with Crippen molar-refractivity contribution in [3.63, 3.8) is 0 Å². The van der Waals surface area contributed by atoms with Gasteiger partial charge in [-0.2, -0.15) is 0 Å². The van der Waals surface area contributed by atoms with Crippen LogP contribution in [0.15, 0.2) is 60.7 Å². The molecule has 0 unspecified atom stereocenters. The summed E-state index contributed by atoms with van der Waals surface area (Å²) in [6.07, 6.45) is 0.869. The van der Waals surface area contributed by atoms with Gasteiger partial charge in [-0.1, -0.05) is 12.1 Å². The summed E-state index contributed by atoms with van der Waals surface area (Å²) < 4.78 is 7.68. The summed E-state index contributed by atoms with van der Waals surface area (Å²) in [5, 5.41) is 18.7. The van der Waals surface area contributed by atoms with E-state index < -0.39 is 5.97 Å². The molecule has 0 radical (unpaired) electrons. The number of nitrogens with zero attached hydrogens (tertiary/aromatic N) is 1. The summed E-state index contributed by atoms with van der Waals surface area (Å²) in [6.45, 7) is 4.13. The molecule has 3 rings (SSSR count). The highest BCUT2D eigenvalue weighted by Gasteiger charge is 2.12. The van der Waals surface area contributed by atoms with E-state index in [1.807, 2.05) is 43.3 Å². The monoisotopic (exact) mass is 365 g/mol. The van der Waals surface area contributed by atoms with Gasteiger partial charge in [-0.05, 0) is 73.0 Å². The van der Waals surface area contributed by atoms with E-state index in [1.54, 1.807) is 24.3 Å². The SMILES string of the molecule is CCOCCCn1c(-c2ccc(O)cc2)ccc1-c1ccc(C(=O)O)cc1. The van der Waals surface area contributed by atoms with E-state index in [0.29, 0.717) is 13.2 Å². The summed E-state index contributed by atoms with van der Waals surface area (Å²) in [6, 6.07) is 18.1. The van der Waals surface area contributed by atoms with Crippen LogP contribution in [0.1, 0.15) is 23.7 Å². The Morgan fingerprint density at radius 3 is 2.00 bits per heavy atom. The molecule has 0 spiro atoms. The molecular weight excluding hydrogens is 342 g/mol. The van der Waals surface area contributed by atoms with Gasteiger partial charge < -0.3 is 19.5 Å². The van der Waals surface area contributed by atoms with Crippen molar-refractivity contribution in [1.29, 1.82) is 0 Å². The van der Waals surface area contributed by atoms with Gasteiger partial charge in [0.1, 0.15) is 5.75 Å². The maximum Gasteiger partial charge on any atom is 0.335 e. The molecule has 0 aliphatic carbocycles. The Balaban J connectivity index is 1.97. The lowest BCUT2D eigenvalue weighted by Gasteiger charge is -2.14. The minimum absolute atomic E-state index is 0.234. The number of hydrogen-bond acceptors (Lipinski definition) is 3. The Bertz CT molecular complexity index is 895. The lowest BCUT2D eigenvalue weighted by Crippen LogP contribution is -2.06. The van der Waals surface area contributed by atoms with E-state index >= 15 is 0 Å². The molecule has 0 atom stereocenters. The largest absolute Gasteiger partial charge is 0.508 e. The van der Waals surface area contributed by atoms with Crippen LogP contribution in [0.4, 0.5) is 0 Å². The van der Waals surface area contributed by atoms with E-state index in [4.69, 9.17) is 9.84 Å². The normalized spacial score (nSPS) is 10.9. The lowest BCUT2D eigenvalue weighted by molar-refractivity contribution is 0.0697. The second kappa shape index (κ2) is 8.56. The minimum atomic E-state index is -0.932. The Morgan fingerprint density at radius 2 is 1.48 bits per heavy atom. The molecule has 3 aromatic rings. The summed E-state index contributed by atoms with van der Waals surface area (Å²) in [4.78, 5) is 11.1. The number of aromatic carboxylic acids is 1. The number of hydrogen-bond donors (Lipinski definition) is 2. The van der Waals surface area contributed by atoms with Crippen molar-refractivity contribution in [2.24, 2.45) is 0 Å². The van der Waals surface area contributed by atoms with Gasteiger partial charge in [0.05, 0.1) is 5.56 Å². The first kappa shape index (κ1) is 18.7. The predicted molar refractivity (Wildman–Crippen MR) is 105 cm³/mol. The van der Waals surface area contributed by atoms with Crippen molar-refractivity contribution in [3.8, 4) is 28.3 Å².